The van der Waals surface area contributed by atoms with Gasteiger partial charge in [0, 0.05) is 16.5 Å². The van der Waals surface area contributed by atoms with E-state index in [0.29, 0.717) is 5.69 Å². The molecule has 0 saturated carbocycles. The van der Waals surface area contributed by atoms with Crippen molar-refractivity contribution in [1.29, 1.82) is 0 Å². The maximum absolute atomic E-state index is 10.6. The summed E-state index contributed by atoms with van der Waals surface area (Å²) in [4.78, 5) is 14.8. The standard InChI is InChI=1S/C14H10N2OS/c17-8-11-9-18-14(15-11)16-13-7-3-5-10-4-1-2-6-12(10)13/h1-9H,(H,15,16). The van der Waals surface area contributed by atoms with Crippen molar-refractivity contribution in [2.45, 2.75) is 0 Å². The van der Waals surface area contributed by atoms with E-state index in [9.17, 15) is 4.79 Å². The van der Waals surface area contributed by atoms with Crippen molar-refractivity contribution in [3.8, 4) is 0 Å². The Labute approximate surface area is 108 Å². The number of hydrogen-bond acceptors (Lipinski definition) is 4. The number of anilines is 2. The molecule has 3 aromatic rings. The minimum absolute atomic E-state index is 0.461. The molecule has 0 aliphatic rings. The molecule has 0 unspecified atom stereocenters. The molecule has 1 heterocycles. The van der Waals surface area contributed by atoms with Crippen molar-refractivity contribution in [1.82, 2.24) is 4.98 Å². The van der Waals surface area contributed by atoms with E-state index in [1.807, 2.05) is 24.3 Å². The van der Waals surface area contributed by atoms with Gasteiger partial charge in [-0.2, -0.15) is 0 Å². The third kappa shape index (κ3) is 1.98. The number of fused-ring (bicyclic) bond motifs is 1. The predicted octanol–water partition coefficient (Wildman–Crippen LogP) is 3.85. The van der Waals surface area contributed by atoms with E-state index in [1.165, 1.54) is 16.7 Å². The number of aromatic nitrogens is 1. The first-order chi connectivity index (χ1) is 8.86. The van der Waals surface area contributed by atoms with Gasteiger partial charge >= 0.3 is 0 Å². The SMILES string of the molecule is O=Cc1csc(Nc2cccc3ccccc23)n1. The van der Waals surface area contributed by atoms with Crippen LogP contribution in [0.3, 0.4) is 0 Å². The second kappa shape index (κ2) is 4.58. The van der Waals surface area contributed by atoms with E-state index in [0.717, 1.165) is 22.5 Å². The zero-order valence-electron chi connectivity index (χ0n) is 9.46. The lowest BCUT2D eigenvalue weighted by Crippen LogP contribution is -1.91. The molecule has 0 radical (unpaired) electrons. The lowest BCUT2D eigenvalue weighted by molar-refractivity contribution is 0.111. The van der Waals surface area contributed by atoms with E-state index >= 15 is 0 Å². The Balaban J connectivity index is 2.01. The van der Waals surface area contributed by atoms with Crippen LogP contribution < -0.4 is 5.32 Å². The van der Waals surface area contributed by atoms with Crippen molar-refractivity contribution in [3.63, 3.8) is 0 Å². The fourth-order valence-corrected chi connectivity index (χ4v) is 2.51. The van der Waals surface area contributed by atoms with Gasteiger partial charge < -0.3 is 5.32 Å². The second-order valence-corrected chi connectivity index (χ2v) is 4.71. The number of nitrogens with one attached hydrogen (secondary N) is 1. The third-order valence-electron chi connectivity index (χ3n) is 2.67. The van der Waals surface area contributed by atoms with Crippen LogP contribution in [0.5, 0.6) is 0 Å². The molecule has 3 rings (SSSR count). The highest BCUT2D eigenvalue weighted by Crippen LogP contribution is 2.27. The number of hydrogen-bond donors (Lipinski definition) is 1. The average Bonchev–Trinajstić information content (AvgIpc) is 2.87. The van der Waals surface area contributed by atoms with Crippen molar-refractivity contribution in [2.24, 2.45) is 0 Å². The maximum Gasteiger partial charge on any atom is 0.187 e. The number of nitrogens with zero attached hydrogens (tertiary/aromatic N) is 1. The predicted molar refractivity (Wildman–Crippen MR) is 74.7 cm³/mol. The largest absolute Gasteiger partial charge is 0.331 e. The number of benzene rings is 2. The molecule has 0 fully saturated rings. The average molecular weight is 254 g/mol. The summed E-state index contributed by atoms with van der Waals surface area (Å²) in [5.41, 5.74) is 1.46. The third-order valence-corrected chi connectivity index (χ3v) is 3.45. The summed E-state index contributed by atoms with van der Waals surface area (Å²) in [7, 11) is 0. The number of carbonyl (C=O) groups excluding carboxylic acids is 1. The van der Waals surface area contributed by atoms with Gasteiger partial charge in [0.1, 0.15) is 5.69 Å². The Morgan fingerprint density at radius 3 is 2.78 bits per heavy atom. The van der Waals surface area contributed by atoms with Crippen LogP contribution in [0.2, 0.25) is 0 Å². The quantitative estimate of drug-likeness (QED) is 0.722. The summed E-state index contributed by atoms with van der Waals surface area (Å²) >= 11 is 1.42. The lowest BCUT2D eigenvalue weighted by atomic mass is 10.1. The number of thiazole rings is 1. The van der Waals surface area contributed by atoms with Gasteiger partial charge in [0.2, 0.25) is 0 Å². The van der Waals surface area contributed by atoms with Gasteiger partial charge in [0.25, 0.3) is 0 Å². The Kier molecular flexibility index (Phi) is 2.78. The molecule has 3 nitrogen and oxygen atoms in total. The zero-order valence-corrected chi connectivity index (χ0v) is 10.3. The molecule has 0 bridgehead atoms. The number of aldehydes is 1. The smallest absolute Gasteiger partial charge is 0.187 e. The molecule has 0 aliphatic heterocycles. The van der Waals surface area contributed by atoms with Crippen LogP contribution in [0.1, 0.15) is 10.5 Å². The monoisotopic (exact) mass is 254 g/mol. The fraction of sp³-hybridized carbons (Fsp3) is 0. The molecule has 1 N–H and O–H groups in total. The van der Waals surface area contributed by atoms with Gasteiger partial charge in [0.05, 0.1) is 0 Å². The highest BCUT2D eigenvalue weighted by molar-refractivity contribution is 7.14. The van der Waals surface area contributed by atoms with Crippen molar-refractivity contribution < 1.29 is 4.79 Å². The molecule has 1 aromatic heterocycles. The summed E-state index contributed by atoms with van der Waals surface area (Å²) in [6, 6.07) is 14.2. The van der Waals surface area contributed by atoms with E-state index in [1.54, 1.807) is 5.38 Å². The van der Waals surface area contributed by atoms with Crippen LogP contribution >= 0.6 is 11.3 Å². The molecule has 2 aromatic carbocycles. The van der Waals surface area contributed by atoms with Crippen LogP contribution in [-0.2, 0) is 0 Å². The minimum Gasteiger partial charge on any atom is -0.331 e. The van der Waals surface area contributed by atoms with E-state index in [-0.39, 0.29) is 0 Å². The Morgan fingerprint density at radius 1 is 1.11 bits per heavy atom. The minimum atomic E-state index is 0.461. The van der Waals surface area contributed by atoms with Crippen molar-refractivity contribution in [2.75, 3.05) is 5.32 Å². The van der Waals surface area contributed by atoms with Gasteiger partial charge in [-0.1, -0.05) is 36.4 Å². The van der Waals surface area contributed by atoms with Crippen LogP contribution in [0.25, 0.3) is 10.8 Å². The van der Waals surface area contributed by atoms with E-state index in [4.69, 9.17) is 0 Å². The van der Waals surface area contributed by atoms with Gasteiger partial charge in [-0.05, 0) is 11.5 Å². The van der Waals surface area contributed by atoms with Crippen LogP contribution in [0.15, 0.2) is 47.8 Å². The molecule has 0 aliphatic carbocycles. The molecule has 88 valence electrons. The van der Waals surface area contributed by atoms with E-state index in [2.05, 4.69) is 28.5 Å². The summed E-state index contributed by atoms with van der Waals surface area (Å²) in [5.74, 6) is 0. The second-order valence-electron chi connectivity index (χ2n) is 3.85. The van der Waals surface area contributed by atoms with Crippen LogP contribution in [0, 0.1) is 0 Å². The summed E-state index contributed by atoms with van der Waals surface area (Å²) < 4.78 is 0. The van der Waals surface area contributed by atoms with E-state index < -0.39 is 0 Å². The Hall–Kier alpha value is -2.20. The molecule has 0 spiro atoms. The normalized spacial score (nSPS) is 10.4. The van der Waals surface area contributed by atoms with Crippen LogP contribution in [0.4, 0.5) is 10.8 Å². The first-order valence-corrected chi connectivity index (χ1v) is 6.40. The van der Waals surface area contributed by atoms with Crippen LogP contribution in [-0.4, -0.2) is 11.3 Å². The van der Waals surface area contributed by atoms with Gasteiger partial charge in [-0.15, -0.1) is 11.3 Å². The van der Waals surface area contributed by atoms with Gasteiger partial charge in [0.15, 0.2) is 11.4 Å². The number of carbonyl (C=O) groups is 1. The summed E-state index contributed by atoms with van der Waals surface area (Å²) in [6.45, 7) is 0. The van der Waals surface area contributed by atoms with Gasteiger partial charge in [-0.25, -0.2) is 4.98 Å². The number of rotatable bonds is 3. The molecule has 4 heteroatoms. The highest BCUT2D eigenvalue weighted by Gasteiger charge is 2.04. The highest BCUT2D eigenvalue weighted by atomic mass is 32.1. The van der Waals surface area contributed by atoms with Crippen molar-refractivity contribution in [3.05, 3.63) is 53.5 Å². The molecule has 0 saturated heterocycles. The first-order valence-electron chi connectivity index (χ1n) is 5.52. The topological polar surface area (TPSA) is 42.0 Å². The molecular formula is C14H10N2OS. The zero-order chi connectivity index (χ0) is 12.4. The first kappa shape index (κ1) is 10.9. The molecule has 0 amide bonds. The fourth-order valence-electron chi connectivity index (χ4n) is 1.85. The maximum atomic E-state index is 10.6. The lowest BCUT2D eigenvalue weighted by Gasteiger charge is -2.06. The Morgan fingerprint density at radius 2 is 1.94 bits per heavy atom. The molecular weight excluding hydrogens is 244 g/mol. The van der Waals surface area contributed by atoms with Gasteiger partial charge in [-0.3, -0.25) is 4.79 Å². The summed E-state index contributed by atoms with van der Waals surface area (Å²) in [5, 5.41) is 8.03. The summed E-state index contributed by atoms with van der Waals surface area (Å²) in [6.07, 6.45) is 0.755. The molecule has 18 heavy (non-hydrogen) atoms. The molecule has 0 atom stereocenters. The van der Waals surface area contributed by atoms with Crippen molar-refractivity contribution >= 4 is 39.2 Å². The Bertz CT molecular complexity index is 700.